The number of hydrogen-bond acceptors (Lipinski definition) is 5. The summed E-state index contributed by atoms with van der Waals surface area (Å²) in [7, 11) is 2.31. The van der Waals surface area contributed by atoms with Crippen molar-refractivity contribution in [1.82, 2.24) is 0 Å². The van der Waals surface area contributed by atoms with Crippen molar-refractivity contribution in [1.29, 1.82) is 0 Å². The maximum atomic E-state index is 12.2. The third-order valence-corrected chi connectivity index (χ3v) is 2.58. The van der Waals surface area contributed by atoms with E-state index in [2.05, 4.69) is 0 Å². The highest BCUT2D eigenvalue weighted by Gasteiger charge is 2.47. The first-order valence-corrected chi connectivity index (χ1v) is 5.16. The molecular formula is C12H15NO5. The van der Waals surface area contributed by atoms with Crippen LogP contribution in [0.15, 0.2) is 30.3 Å². The van der Waals surface area contributed by atoms with Crippen molar-refractivity contribution in [2.24, 2.45) is 5.73 Å². The van der Waals surface area contributed by atoms with Gasteiger partial charge < -0.3 is 14.6 Å². The van der Waals surface area contributed by atoms with Crippen LogP contribution in [0.25, 0.3) is 0 Å². The van der Waals surface area contributed by atoms with E-state index >= 15 is 0 Å². The Morgan fingerprint density at radius 3 is 2.22 bits per heavy atom. The number of aliphatic carboxylic acids is 1. The minimum Gasteiger partial charge on any atom is -0.479 e. The van der Waals surface area contributed by atoms with Crippen LogP contribution in [0.1, 0.15) is 10.4 Å². The summed E-state index contributed by atoms with van der Waals surface area (Å²) < 4.78 is 9.63. The van der Waals surface area contributed by atoms with Crippen molar-refractivity contribution in [2.75, 3.05) is 14.2 Å². The largest absolute Gasteiger partial charge is 0.479 e. The van der Waals surface area contributed by atoms with Gasteiger partial charge in [-0.05, 0) is 0 Å². The van der Waals surface area contributed by atoms with Crippen LogP contribution in [0.4, 0.5) is 0 Å². The summed E-state index contributed by atoms with van der Waals surface area (Å²) in [6.45, 7) is 0. The number of Topliss-reactive ketones (excluding diaryl/α,β-unsaturated/α-hetero) is 1. The van der Waals surface area contributed by atoms with Gasteiger partial charge in [-0.15, -0.1) is 0 Å². The predicted octanol–water partition coefficient (Wildman–Crippen LogP) is 0.270. The molecule has 1 aromatic rings. The maximum absolute atomic E-state index is 12.2. The molecule has 0 aromatic heterocycles. The number of rotatable bonds is 6. The fraction of sp³-hybridized carbons (Fsp3) is 0.333. The van der Waals surface area contributed by atoms with E-state index in [0.29, 0.717) is 0 Å². The van der Waals surface area contributed by atoms with Gasteiger partial charge in [0.05, 0.1) is 0 Å². The first-order chi connectivity index (χ1) is 8.47. The van der Waals surface area contributed by atoms with E-state index < -0.39 is 23.6 Å². The topological polar surface area (TPSA) is 98.8 Å². The molecule has 0 spiro atoms. The lowest BCUT2D eigenvalue weighted by molar-refractivity contribution is -0.164. The van der Waals surface area contributed by atoms with Crippen LogP contribution in [-0.2, 0) is 14.3 Å². The number of ketones is 1. The highest BCUT2D eigenvalue weighted by Crippen LogP contribution is 2.18. The summed E-state index contributed by atoms with van der Waals surface area (Å²) in [5, 5.41) is 9.00. The zero-order chi connectivity index (χ0) is 13.8. The highest BCUT2D eigenvalue weighted by atomic mass is 16.6. The van der Waals surface area contributed by atoms with Crippen LogP contribution < -0.4 is 5.73 Å². The summed E-state index contributed by atoms with van der Waals surface area (Å²) >= 11 is 0. The Morgan fingerprint density at radius 1 is 1.28 bits per heavy atom. The molecule has 0 radical (unpaired) electrons. The van der Waals surface area contributed by atoms with E-state index in [1.54, 1.807) is 18.2 Å². The molecule has 0 heterocycles. The molecule has 0 aliphatic rings. The molecule has 6 heteroatoms. The zero-order valence-electron chi connectivity index (χ0n) is 10.1. The Labute approximate surface area is 104 Å². The Kier molecular flexibility index (Phi) is 4.55. The normalized spacial score (nSPS) is 15.7. The van der Waals surface area contributed by atoms with Crippen LogP contribution in [0.5, 0.6) is 0 Å². The molecule has 18 heavy (non-hydrogen) atoms. The van der Waals surface area contributed by atoms with Gasteiger partial charge in [-0.25, -0.2) is 4.79 Å². The Morgan fingerprint density at radius 2 is 1.83 bits per heavy atom. The molecule has 0 amide bonds. The molecule has 0 aliphatic heterocycles. The molecule has 2 unspecified atom stereocenters. The molecular weight excluding hydrogens is 238 g/mol. The van der Waals surface area contributed by atoms with Gasteiger partial charge in [0.2, 0.25) is 17.6 Å². The molecule has 1 aromatic carbocycles. The van der Waals surface area contributed by atoms with E-state index in [4.69, 9.17) is 20.3 Å². The molecule has 0 bridgehead atoms. The second-order valence-corrected chi connectivity index (χ2v) is 3.65. The number of hydrogen-bond donors (Lipinski definition) is 2. The van der Waals surface area contributed by atoms with Crippen molar-refractivity contribution in [3.05, 3.63) is 35.9 Å². The minimum absolute atomic E-state index is 0.255. The van der Waals surface area contributed by atoms with E-state index in [9.17, 15) is 9.59 Å². The number of nitrogens with two attached hydrogens (primary N) is 1. The maximum Gasteiger partial charge on any atom is 0.337 e. The van der Waals surface area contributed by atoms with Crippen molar-refractivity contribution < 1.29 is 24.2 Å². The molecule has 3 N–H and O–H groups in total. The number of benzene rings is 1. The lowest BCUT2D eigenvalue weighted by Crippen LogP contribution is -2.62. The monoisotopic (exact) mass is 253 g/mol. The summed E-state index contributed by atoms with van der Waals surface area (Å²) in [6, 6.07) is 8.07. The number of carboxylic acid groups (broad SMARTS) is 1. The lowest BCUT2D eigenvalue weighted by atomic mass is 9.96. The molecule has 2 atom stereocenters. The van der Waals surface area contributed by atoms with Crippen molar-refractivity contribution in [3.63, 3.8) is 0 Å². The van der Waals surface area contributed by atoms with Crippen LogP contribution in [0.3, 0.4) is 0 Å². The molecule has 0 saturated carbocycles. The van der Waals surface area contributed by atoms with Gasteiger partial charge in [0.25, 0.3) is 0 Å². The molecule has 1 rings (SSSR count). The van der Waals surface area contributed by atoms with Gasteiger partial charge >= 0.3 is 5.97 Å². The quantitative estimate of drug-likeness (QED) is 0.557. The lowest BCUT2D eigenvalue weighted by Gasteiger charge is -2.30. The fourth-order valence-electron chi connectivity index (χ4n) is 1.59. The van der Waals surface area contributed by atoms with E-state index in [1.165, 1.54) is 12.1 Å². The SMILES string of the molecule is COC(C(=O)O)C(N)(OC)C(=O)c1ccccc1. The van der Waals surface area contributed by atoms with Crippen LogP contribution in [0.2, 0.25) is 0 Å². The van der Waals surface area contributed by atoms with Crippen LogP contribution in [-0.4, -0.2) is 42.9 Å². The highest BCUT2D eigenvalue weighted by molar-refractivity contribution is 6.05. The minimum atomic E-state index is -2.07. The Balaban J connectivity index is 3.15. The third kappa shape index (κ3) is 2.56. The van der Waals surface area contributed by atoms with Crippen molar-refractivity contribution in [3.8, 4) is 0 Å². The predicted molar refractivity (Wildman–Crippen MR) is 63.1 cm³/mol. The number of methoxy groups -OCH3 is 2. The number of carbonyl (C=O) groups excluding carboxylic acids is 1. The second kappa shape index (κ2) is 5.72. The van der Waals surface area contributed by atoms with Gasteiger partial charge in [-0.1, -0.05) is 30.3 Å². The smallest absolute Gasteiger partial charge is 0.337 e. The first-order valence-electron chi connectivity index (χ1n) is 5.16. The second-order valence-electron chi connectivity index (χ2n) is 3.65. The van der Waals surface area contributed by atoms with Gasteiger partial charge in [0.15, 0.2) is 0 Å². The zero-order valence-corrected chi connectivity index (χ0v) is 10.1. The molecule has 0 fully saturated rings. The number of carbonyl (C=O) groups is 2. The Bertz CT molecular complexity index is 433. The number of carboxylic acids is 1. The standard InChI is InChI=1S/C12H15NO5/c1-17-10(11(15)16)12(13,18-2)9(14)8-6-4-3-5-7-8/h3-7,10H,13H2,1-2H3,(H,15,16). The molecule has 98 valence electrons. The van der Waals surface area contributed by atoms with E-state index in [-0.39, 0.29) is 5.56 Å². The Hall–Kier alpha value is -1.76. The summed E-state index contributed by atoms with van der Waals surface area (Å²) in [5.74, 6) is -2.02. The van der Waals surface area contributed by atoms with Crippen LogP contribution >= 0.6 is 0 Å². The van der Waals surface area contributed by atoms with Gasteiger partial charge in [0, 0.05) is 19.8 Å². The number of ether oxygens (including phenoxy) is 2. The van der Waals surface area contributed by atoms with Crippen molar-refractivity contribution >= 4 is 11.8 Å². The summed E-state index contributed by atoms with van der Waals surface area (Å²) in [4.78, 5) is 23.2. The van der Waals surface area contributed by atoms with E-state index in [0.717, 1.165) is 14.2 Å². The van der Waals surface area contributed by atoms with Crippen molar-refractivity contribution in [2.45, 2.75) is 11.8 Å². The molecule has 0 saturated heterocycles. The molecule has 0 aliphatic carbocycles. The first kappa shape index (κ1) is 14.3. The van der Waals surface area contributed by atoms with Gasteiger partial charge in [-0.2, -0.15) is 0 Å². The average Bonchev–Trinajstić information content (AvgIpc) is 2.38. The molecule has 6 nitrogen and oxygen atoms in total. The van der Waals surface area contributed by atoms with E-state index in [1.807, 2.05) is 0 Å². The summed E-state index contributed by atoms with van der Waals surface area (Å²) in [5.41, 5.74) is 3.94. The fourth-order valence-corrected chi connectivity index (χ4v) is 1.59. The van der Waals surface area contributed by atoms with Crippen LogP contribution in [0, 0.1) is 0 Å². The van der Waals surface area contributed by atoms with Gasteiger partial charge in [-0.3, -0.25) is 10.5 Å². The van der Waals surface area contributed by atoms with Gasteiger partial charge in [0.1, 0.15) is 0 Å². The average molecular weight is 253 g/mol. The third-order valence-electron chi connectivity index (χ3n) is 2.58. The summed E-state index contributed by atoms with van der Waals surface area (Å²) in [6.07, 6.45) is -1.59.